The van der Waals surface area contributed by atoms with Crippen molar-refractivity contribution in [1.29, 1.82) is 0 Å². The molecule has 5 heteroatoms. The van der Waals surface area contributed by atoms with Crippen LogP contribution in [0.1, 0.15) is 26.4 Å². The highest BCUT2D eigenvalue weighted by Gasteiger charge is 2.13. The quantitative estimate of drug-likeness (QED) is 0.758. The van der Waals surface area contributed by atoms with E-state index >= 15 is 0 Å². The fourth-order valence-corrected chi connectivity index (χ4v) is 1.32. The van der Waals surface area contributed by atoms with Crippen LogP contribution >= 0.6 is 0 Å². The number of nitrogens with one attached hydrogen (secondary N) is 1. The highest BCUT2D eigenvalue weighted by atomic mass is 16.4. The highest BCUT2D eigenvalue weighted by molar-refractivity contribution is 6.09. The van der Waals surface area contributed by atoms with Gasteiger partial charge in [0.2, 0.25) is 0 Å². The van der Waals surface area contributed by atoms with Gasteiger partial charge < -0.3 is 10.1 Å². The Kier molecular flexibility index (Phi) is 2.51. The molecule has 0 amide bonds. The summed E-state index contributed by atoms with van der Waals surface area (Å²) >= 11 is 0. The number of aromatic amines is 1. The monoisotopic (exact) mass is 216 g/mol. The van der Waals surface area contributed by atoms with Gasteiger partial charge in [0.1, 0.15) is 5.69 Å². The number of aromatic carboxylic acids is 1. The third kappa shape index (κ3) is 1.83. The average molecular weight is 216 g/mol. The Morgan fingerprint density at radius 2 is 1.88 bits per heavy atom. The number of carbonyl (C=O) groups excluding carboxylic acids is 1. The van der Waals surface area contributed by atoms with Crippen molar-refractivity contribution in [3.05, 3.63) is 53.6 Å². The van der Waals surface area contributed by atoms with Gasteiger partial charge in [-0.15, -0.1) is 0 Å². The number of carbonyl (C=O) groups is 2. The zero-order chi connectivity index (χ0) is 11.5. The first-order valence-corrected chi connectivity index (χ1v) is 4.55. The van der Waals surface area contributed by atoms with Gasteiger partial charge in [0, 0.05) is 29.7 Å². The third-order valence-electron chi connectivity index (χ3n) is 2.12. The summed E-state index contributed by atoms with van der Waals surface area (Å²) < 4.78 is 0. The molecule has 80 valence electrons. The molecule has 2 rings (SSSR count). The zero-order valence-corrected chi connectivity index (χ0v) is 8.18. The molecule has 5 nitrogen and oxygen atoms in total. The summed E-state index contributed by atoms with van der Waals surface area (Å²) in [5.41, 5.74) is 0.798. The van der Waals surface area contributed by atoms with Gasteiger partial charge in [0.05, 0.1) is 0 Å². The van der Waals surface area contributed by atoms with Crippen molar-refractivity contribution in [2.45, 2.75) is 0 Å². The first kappa shape index (κ1) is 10.1. The smallest absolute Gasteiger partial charge is 0.352 e. The van der Waals surface area contributed by atoms with E-state index in [9.17, 15) is 9.59 Å². The Hall–Kier alpha value is -2.43. The van der Waals surface area contributed by atoms with Crippen molar-refractivity contribution >= 4 is 11.8 Å². The summed E-state index contributed by atoms with van der Waals surface area (Å²) in [5, 5.41) is 8.70. The molecule has 0 saturated carbocycles. The van der Waals surface area contributed by atoms with Crippen molar-refractivity contribution in [2.24, 2.45) is 0 Å². The summed E-state index contributed by atoms with van der Waals surface area (Å²) in [7, 11) is 0. The molecule has 2 heterocycles. The van der Waals surface area contributed by atoms with Crippen molar-refractivity contribution in [3.63, 3.8) is 0 Å². The Balaban J connectivity index is 2.31. The van der Waals surface area contributed by atoms with Crippen LogP contribution in [0.3, 0.4) is 0 Å². The standard InChI is InChI=1S/C11H8N2O3/c14-10(7-1-3-12-4-2-7)8-5-9(11(15)16)13-6-8/h1-6,13H,(H,15,16). The fourth-order valence-electron chi connectivity index (χ4n) is 1.32. The van der Waals surface area contributed by atoms with Gasteiger partial charge in [0.25, 0.3) is 0 Å². The molecule has 2 aromatic rings. The van der Waals surface area contributed by atoms with E-state index in [2.05, 4.69) is 9.97 Å². The van der Waals surface area contributed by atoms with Gasteiger partial charge in [-0.2, -0.15) is 0 Å². The lowest BCUT2D eigenvalue weighted by atomic mass is 10.1. The number of nitrogens with zero attached hydrogens (tertiary/aromatic N) is 1. The van der Waals surface area contributed by atoms with E-state index in [-0.39, 0.29) is 11.5 Å². The van der Waals surface area contributed by atoms with E-state index in [0.29, 0.717) is 11.1 Å². The van der Waals surface area contributed by atoms with Crippen LogP contribution in [0, 0.1) is 0 Å². The molecule has 0 aliphatic carbocycles. The average Bonchev–Trinajstić information content (AvgIpc) is 2.78. The van der Waals surface area contributed by atoms with E-state index in [4.69, 9.17) is 5.11 Å². The molecule has 0 aromatic carbocycles. The van der Waals surface area contributed by atoms with Gasteiger partial charge in [-0.25, -0.2) is 4.79 Å². The summed E-state index contributed by atoms with van der Waals surface area (Å²) in [5.74, 6) is -1.32. The molecule has 0 bridgehead atoms. The number of rotatable bonds is 3. The lowest BCUT2D eigenvalue weighted by molar-refractivity contribution is 0.0691. The van der Waals surface area contributed by atoms with E-state index in [1.54, 1.807) is 12.1 Å². The predicted octanol–water partition coefficient (Wildman–Crippen LogP) is 1.34. The normalized spacial score (nSPS) is 10.0. The third-order valence-corrected chi connectivity index (χ3v) is 2.12. The number of carboxylic acids is 1. The maximum Gasteiger partial charge on any atom is 0.352 e. The van der Waals surface area contributed by atoms with Crippen LogP contribution in [0.5, 0.6) is 0 Å². The maximum atomic E-state index is 11.8. The van der Waals surface area contributed by atoms with Crippen LogP contribution in [0.2, 0.25) is 0 Å². The van der Waals surface area contributed by atoms with Crippen LogP contribution in [-0.2, 0) is 0 Å². The molecule has 0 aliphatic heterocycles. The summed E-state index contributed by atoms with van der Waals surface area (Å²) in [6.45, 7) is 0. The van der Waals surface area contributed by atoms with E-state index < -0.39 is 5.97 Å². The second kappa shape index (κ2) is 3.98. The molecule has 2 N–H and O–H groups in total. The van der Waals surface area contributed by atoms with Crippen LogP contribution < -0.4 is 0 Å². The zero-order valence-electron chi connectivity index (χ0n) is 8.18. The Labute approximate surface area is 90.8 Å². The van der Waals surface area contributed by atoms with Crippen LogP contribution in [0.15, 0.2) is 36.8 Å². The van der Waals surface area contributed by atoms with Crippen molar-refractivity contribution in [2.75, 3.05) is 0 Å². The predicted molar refractivity (Wildman–Crippen MR) is 55.4 cm³/mol. The summed E-state index contributed by atoms with van der Waals surface area (Å²) in [6, 6.07) is 4.47. The van der Waals surface area contributed by atoms with Gasteiger partial charge in [0.15, 0.2) is 5.78 Å². The molecule has 2 aromatic heterocycles. The second-order valence-corrected chi connectivity index (χ2v) is 3.17. The number of aromatic nitrogens is 2. The van der Waals surface area contributed by atoms with Crippen molar-refractivity contribution < 1.29 is 14.7 Å². The molecule has 0 fully saturated rings. The molecule has 0 unspecified atom stereocenters. The molecule has 0 aliphatic rings. The maximum absolute atomic E-state index is 11.8. The van der Waals surface area contributed by atoms with Crippen molar-refractivity contribution in [3.8, 4) is 0 Å². The molecule has 0 spiro atoms. The van der Waals surface area contributed by atoms with E-state index in [1.807, 2.05) is 0 Å². The number of hydrogen-bond acceptors (Lipinski definition) is 3. The largest absolute Gasteiger partial charge is 0.477 e. The number of carboxylic acid groups (broad SMARTS) is 1. The minimum Gasteiger partial charge on any atom is -0.477 e. The Morgan fingerprint density at radius 1 is 1.19 bits per heavy atom. The van der Waals surface area contributed by atoms with Crippen molar-refractivity contribution in [1.82, 2.24) is 9.97 Å². The number of pyridine rings is 1. The second-order valence-electron chi connectivity index (χ2n) is 3.17. The molecule has 0 saturated heterocycles. The SMILES string of the molecule is O=C(c1ccncc1)c1c[nH]c(C(=O)O)c1. The topological polar surface area (TPSA) is 83.0 Å². The fraction of sp³-hybridized carbons (Fsp3) is 0. The first-order valence-electron chi connectivity index (χ1n) is 4.55. The minimum absolute atomic E-state index is 0.00240. The van der Waals surface area contributed by atoms with Crippen LogP contribution in [-0.4, -0.2) is 26.8 Å². The number of hydrogen-bond donors (Lipinski definition) is 2. The molecule has 0 radical (unpaired) electrons. The first-order chi connectivity index (χ1) is 7.68. The summed E-state index contributed by atoms with van der Waals surface area (Å²) in [6.07, 6.45) is 4.40. The highest BCUT2D eigenvalue weighted by Crippen LogP contribution is 2.10. The molecular formula is C11H8N2O3. The van der Waals surface area contributed by atoms with Gasteiger partial charge in [-0.3, -0.25) is 9.78 Å². The number of H-pyrrole nitrogens is 1. The van der Waals surface area contributed by atoms with Gasteiger partial charge >= 0.3 is 5.97 Å². The van der Waals surface area contributed by atoms with E-state index in [1.165, 1.54) is 24.7 Å². The van der Waals surface area contributed by atoms with Gasteiger partial charge in [-0.1, -0.05) is 0 Å². The van der Waals surface area contributed by atoms with Crippen LogP contribution in [0.4, 0.5) is 0 Å². The molecular weight excluding hydrogens is 208 g/mol. The lowest BCUT2D eigenvalue weighted by Crippen LogP contribution is -1.99. The molecule has 0 atom stereocenters. The number of ketones is 1. The Bertz CT molecular complexity index is 531. The Morgan fingerprint density at radius 3 is 2.44 bits per heavy atom. The lowest BCUT2D eigenvalue weighted by Gasteiger charge is -1.95. The van der Waals surface area contributed by atoms with Crippen LogP contribution in [0.25, 0.3) is 0 Å². The minimum atomic E-state index is -1.09. The summed E-state index contributed by atoms with van der Waals surface area (Å²) in [4.78, 5) is 28.8. The molecule has 16 heavy (non-hydrogen) atoms. The van der Waals surface area contributed by atoms with Gasteiger partial charge in [-0.05, 0) is 18.2 Å². The van der Waals surface area contributed by atoms with E-state index in [0.717, 1.165) is 0 Å².